The minimum Gasteiger partial charge on any atom is -0.329 e. The highest BCUT2D eigenvalue weighted by molar-refractivity contribution is 6.02. The first-order valence-corrected chi connectivity index (χ1v) is 5.64. The second kappa shape index (κ2) is 4.26. The van der Waals surface area contributed by atoms with Gasteiger partial charge < -0.3 is 5.73 Å². The number of benzene rings is 1. The molecule has 0 atom stereocenters. The second-order valence-corrected chi connectivity index (χ2v) is 4.83. The number of hydrogen-bond donors (Lipinski definition) is 1. The van der Waals surface area contributed by atoms with E-state index in [4.69, 9.17) is 5.73 Å². The molecule has 3 nitrogen and oxygen atoms in total. The molecule has 0 radical (unpaired) electrons. The number of rotatable bonds is 3. The Morgan fingerprint density at radius 3 is 2.82 bits per heavy atom. The van der Waals surface area contributed by atoms with Gasteiger partial charge in [0.05, 0.1) is 5.52 Å². The van der Waals surface area contributed by atoms with Crippen LogP contribution in [-0.2, 0) is 0 Å². The van der Waals surface area contributed by atoms with Crippen molar-refractivity contribution >= 4 is 16.7 Å². The lowest BCUT2D eigenvalue weighted by Crippen LogP contribution is -2.32. The number of carbonyl (C=O) groups excluding carboxylic acids is 1. The summed E-state index contributed by atoms with van der Waals surface area (Å²) in [4.78, 5) is 16.5. The molecular weight excluding hydrogens is 212 g/mol. The van der Waals surface area contributed by atoms with Crippen LogP contribution in [0.15, 0.2) is 36.5 Å². The van der Waals surface area contributed by atoms with Crippen molar-refractivity contribution in [2.75, 3.05) is 6.54 Å². The summed E-state index contributed by atoms with van der Waals surface area (Å²) >= 11 is 0. The average molecular weight is 228 g/mol. The summed E-state index contributed by atoms with van der Waals surface area (Å²) in [6, 6.07) is 9.44. The third kappa shape index (κ3) is 2.19. The fraction of sp³-hybridized carbons (Fsp3) is 0.286. The van der Waals surface area contributed by atoms with E-state index >= 15 is 0 Å². The van der Waals surface area contributed by atoms with Gasteiger partial charge in [-0.25, -0.2) is 0 Å². The standard InChI is InChI=1S/C14H16N2O/c1-14(2,9-15)13(17)11-6-5-10-4-3-7-16-12(10)8-11/h3-8H,9,15H2,1-2H3. The van der Waals surface area contributed by atoms with Crippen LogP contribution < -0.4 is 5.73 Å². The van der Waals surface area contributed by atoms with E-state index in [9.17, 15) is 4.79 Å². The molecule has 0 fully saturated rings. The highest BCUT2D eigenvalue weighted by Crippen LogP contribution is 2.22. The molecule has 2 N–H and O–H groups in total. The number of Topliss-reactive ketones (excluding diaryl/α,β-unsaturated/α-hetero) is 1. The summed E-state index contributed by atoms with van der Waals surface area (Å²) < 4.78 is 0. The molecule has 17 heavy (non-hydrogen) atoms. The van der Waals surface area contributed by atoms with E-state index in [0.29, 0.717) is 12.1 Å². The maximum atomic E-state index is 12.2. The molecule has 0 unspecified atom stereocenters. The Hall–Kier alpha value is -1.74. The van der Waals surface area contributed by atoms with Gasteiger partial charge in [0.1, 0.15) is 0 Å². The van der Waals surface area contributed by atoms with Gasteiger partial charge in [-0.3, -0.25) is 9.78 Å². The molecular formula is C14H16N2O. The highest BCUT2D eigenvalue weighted by atomic mass is 16.1. The van der Waals surface area contributed by atoms with Gasteiger partial charge in [0, 0.05) is 29.1 Å². The highest BCUT2D eigenvalue weighted by Gasteiger charge is 2.26. The van der Waals surface area contributed by atoms with Crippen LogP contribution >= 0.6 is 0 Å². The van der Waals surface area contributed by atoms with Crippen molar-refractivity contribution in [1.82, 2.24) is 4.98 Å². The maximum absolute atomic E-state index is 12.2. The van der Waals surface area contributed by atoms with Gasteiger partial charge in [-0.2, -0.15) is 0 Å². The van der Waals surface area contributed by atoms with Gasteiger partial charge in [0.15, 0.2) is 5.78 Å². The summed E-state index contributed by atoms with van der Waals surface area (Å²) in [6.07, 6.45) is 1.73. The van der Waals surface area contributed by atoms with E-state index in [1.807, 2.05) is 44.2 Å². The van der Waals surface area contributed by atoms with Crippen molar-refractivity contribution in [3.05, 3.63) is 42.1 Å². The van der Waals surface area contributed by atoms with Gasteiger partial charge in [0.25, 0.3) is 0 Å². The lowest BCUT2D eigenvalue weighted by atomic mass is 9.84. The van der Waals surface area contributed by atoms with E-state index in [0.717, 1.165) is 10.9 Å². The number of aromatic nitrogens is 1. The summed E-state index contributed by atoms with van der Waals surface area (Å²) in [7, 11) is 0. The Morgan fingerprint density at radius 2 is 2.12 bits per heavy atom. The molecule has 1 aromatic carbocycles. The van der Waals surface area contributed by atoms with Crippen molar-refractivity contribution in [2.45, 2.75) is 13.8 Å². The van der Waals surface area contributed by atoms with E-state index in [-0.39, 0.29) is 5.78 Å². The van der Waals surface area contributed by atoms with Crippen molar-refractivity contribution in [3.63, 3.8) is 0 Å². The Morgan fingerprint density at radius 1 is 1.35 bits per heavy atom. The molecule has 0 saturated carbocycles. The topological polar surface area (TPSA) is 56.0 Å². The van der Waals surface area contributed by atoms with E-state index in [1.54, 1.807) is 6.20 Å². The smallest absolute Gasteiger partial charge is 0.169 e. The Bertz CT molecular complexity index is 561. The first kappa shape index (κ1) is 11.7. The summed E-state index contributed by atoms with van der Waals surface area (Å²) in [5.41, 5.74) is 6.61. The molecule has 3 heteroatoms. The summed E-state index contributed by atoms with van der Waals surface area (Å²) in [5.74, 6) is 0.0625. The molecule has 0 saturated heterocycles. The fourth-order valence-electron chi connectivity index (χ4n) is 1.69. The largest absolute Gasteiger partial charge is 0.329 e. The Balaban J connectivity index is 2.47. The molecule has 88 valence electrons. The third-order valence-corrected chi connectivity index (χ3v) is 2.99. The van der Waals surface area contributed by atoms with Crippen LogP contribution in [0, 0.1) is 5.41 Å². The zero-order chi connectivity index (χ0) is 12.5. The van der Waals surface area contributed by atoms with Crippen molar-refractivity contribution < 1.29 is 4.79 Å². The van der Waals surface area contributed by atoms with Gasteiger partial charge >= 0.3 is 0 Å². The van der Waals surface area contributed by atoms with Crippen molar-refractivity contribution in [2.24, 2.45) is 11.1 Å². The number of hydrogen-bond acceptors (Lipinski definition) is 3. The maximum Gasteiger partial charge on any atom is 0.169 e. The van der Waals surface area contributed by atoms with Crippen molar-refractivity contribution in [1.29, 1.82) is 0 Å². The summed E-state index contributed by atoms with van der Waals surface area (Å²) in [5, 5.41) is 1.04. The monoisotopic (exact) mass is 228 g/mol. The minimum atomic E-state index is -0.525. The lowest BCUT2D eigenvalue weighted by Gasteiger charge is -2.20. The van der Waals surface area contributed by atoms with Crippen LogP contribution in [0.3, 0.4) is 0 Å². The predicted molar refractivity (Wildman–Crippen MR) is 68.9 cm³/mol. The number of nitrogens with zero attached hydrogens (tertiary/aromatic N) is 1. The molecule has 0 spiro atoms. The van der Waals surface area contributed by atoms with Crippen LogP contribution in [0.25, 0.3) is 10.9 Å². The molecule has 0 bridgehead atoms. The SMILES string of the molecule is CC(C)(CN)C(=O)c1ccc2cccnc2c1. The number of ketones is 1. The van der Waals surface area contributed by atoms with Gasteiger partial charge in [-0.05, 0) is 12.1 Å². The molecule has 0 aliphatic carbocycles. The predicted octanol–water partition coefficient (Wildman–Crippen LogP) is 2.40. The molecule has 1 aromatic heterocycles. The molecule has 0 aliphatic heterocycles. The lowest BCUT2D eigenvalue weighted by molar-refractivity contribution is 0.0847. The summed E-state index contributed by atoms with van der Waals surface area (Å²) in [6.45, 7) is 4.06. The number of carbonyl (C=O) groups is 1. The Kier molecular flexibility index (Phi) is 2.94. The first-order valence-electron chi connectivity index (χ1n) is 5.64. The quantitative estimate of drug-likeness (QED) is 0.821. The van der Waals surface area contributed by atoms with Crippen LogP contribution in [0.1, 0.15) is 24.2 Å². The minimum absolute atomic E-state index is 0.0625. The van der Waals surface area contributed by atoms with E-state index in [2.05, 4.69) is 4.98 Å². The van der Waals surface area contributed by atoms with Crippen LogP contribution in [0.4, 0.5) is 0 Å². The van der Waals surface area contributed by atoms with Crippen molar-refractivity contribution in [3.8, 4) is 0 Å². The molecule has 0 aliphatic rings. The third-order valence-electron chi connectivity index (χ3n) is 2.99. The average Bonchev–Trinajstić information content (AvgIpc) is 2.37. The molecule has 2 aromatic rings. The molecule has 1 heterocycles. The number of nitrogens with two attached hydrogens (primary N) is 1. The zero-order valence-electron chi connectivity index (χ0n) is 10.1. The second-order valence-electron chi connectivity index (χ2n) is 4.83. The number of fused-ring (bicyclic) bond motifs is 1. The van der Waals surface area contributed by atoms with Gasteiger partial charge in [0.2, 0.25) is 0 Å². The zero-order valence-corrected chi connectivity index (χ0v) is 10.1. The van der Waals surface area contributed by atoms with Gasteiger partial charge in [-0.15, -0.1) is 0 Å². The molecule has 2 rings (SSSR count). The molecule has 0 amide bonds. The fourth-order valence-corrected chi connectivity index (χ4v) is 1.69. The van der Waals surface area contributed by atoms with E-state index in [1.165, 1.54) is 0 Å². The van der Waals surface area contributed by atoms with Crippen LogP contribution in [0.5, 0.6) is 0 Å². The number of pyridine rings is 1. The van der Waals surface area contributed by atoms with Crippen LogP contribution in [0.2, 0.25) is 0 Å². The van der Waals surface area contributed by atoms with Crippen LogP contribution in [-0.4, -0.2) is 17.3 Å². The van der Waals surface area contributed by atoms with E-state index < -0.39 is 5.41 Å². The Labute approximate surface area is 101 Å². The van der Waals surface area contributed by atoms with Gasteiger partial charge in [-0.1, -0.05) is 32.0 Å². The normalized spacial score (nSPS) is 11.7. The first-order chi connectivity index (χ1) is 8.04.